The van der Waals surface area contributed by atoms with Gasteiger partial charge in [0.25, 0.3) is 0 Å². The molecule has 6 heteroatoms. The normalized spacial score (nSPS) is 21.3. The van der Waals surface area contributed by atoms with Crippen molar-refractivity contribution in [3.8, 4) is 0 Å². The van der Waals surface area contributed by atoms with Crippen LogP contribution in [0.25, 0.3) is 0 Å². The summed E-state index contributed by atoms with van der Waals surface area (Å²) in [6.07, 6.45) is -6.62. The van der Waals surface area contributed by atoms with Crippen LogP contribution in [0.2, 0.25) is 5.02 Å². The van der Waals surface area contributed by atoms with E-state index in [0.717, 1.165) is 0 Å². The van der Waals surface area contributed by atoms with Gasteiger partial charge in [0.2, 0.25) is 0 Å². The molecular formula is C11H10ClF3O2. The molecule has 1 aliphatic rings. The van der Waals surface area contributed by atoms with Crippen LogP contribution in [0.1, 0.15) is 11.7 Å². The van der Waals surface area contributed by atoms with Gasteiger partial charge >= 0.3 is 6.18 Å². The number of hydrogen-bond acceptors (Lipinski definition) is 2. The SMILES string of the molecule is FC(F)(F)[C@H](OC[C@@H]1CO1)c1cccc(Cl)c1. The topological polar surface area (TPSA) is 21.8 Å². The maximum absolute atomic E-state index is 12.8. The van der Waals surface area contributed by atoms with E-state index in [4.69, 9.17) is 21.1 Å². The van der Waals surface area contributed by atoms with E-state index in [2.05, 4.69) is 0 Å². The van der Waals surface area contributed by atoms with Gasteiger partial charge in [-0.2, -0.15) is 13.2 Å². The third-order valence-corrected chi connectivity index (χ3v) is 2.53. The Labute approximate surface area is 101 Å². The summed E-state index contributed by atoms with van der Waals surface area (Å²) >= 11 is 5.67. The van der Waals surface area contributed by atoms with Crippen LogP contribution in [0.4, 0.5) is 13.2 Å². The number of rotatable bonds is 4. The molecule has 0 bridgehead atoms. The highest BCUT2D eigenvalue weighted by molar-refractivity contribution is 6.30. The standard InChI is InChI=1S/C11H10ClF3O2/c12-8-3-1-2-7(4-8)10(11(13,14)15)17-6-9-5-16-9/h1-4,9-10H,5-6H2/t9-,10+/m0/s1. The van der Waals surface area contributed by atoms with E-state index in [1.165, 1.54) is 24.3 Å². The predicted octanol–water partition coefficient (Wildman–Crippen LogP) is 3.36. The highest BCUT2D eigenvalue weighted by atomic mass is 35.5. The molecule has 17 heavy (non-hydrogen) atoms. The second kappa shape index (κ2) is 4.84. The molecule has 1 fully saturated rings. The van der Waals surface area contributed by atoms with E-state index < -0.39 is 12.3 Å². The Hall–Kier alpha value is -0.780. The molecule has 0 saturated carbocycles. The van der Waals surface area contributed by atoms with Crippen molar-refractivity contribution in [2.24, 2.45) is 0 Å². The molecule has 2 atom stereocenters. The van der Waals surface area contributed by atoms with E-state index in [0.29, 0.717) is 6.61 Å². The van der Waals surface area contributed by atoms with E-state index in [9.17, 15) is 13.2 Å². The van der Waals surface area contributed by atoms with Gasteiger partial charge in [-0.1, -0.05) is 23.7 Å². The monoisotopic (exact) mass is 266 g/mol. The second-order valence-corrected chi connectivity index (χ2v) is 4.20. The molecule has 1 aromatic carbocycles. The molecule has 0 radical (unpaired) electrons. The molecular weight excluding hydrogens is 257 g/mol. The van der Waals surface area contributed by atoms with Gasteiger partial charge in [-0.25, -0.2) is 0 Å². The van der Waals surface area contributed by atoms with Gasteiger partial charge in [0.15, 0.2) is 6.10 Å². The first-order valence-corrected chi connectivity index (χ1v) is 5.40. The zero-order valence-corrected chi connectivity index (χ0v) is 9.46. The fourth-order valence-corrected chi connectivity index (χ4v) is 1.62. The number of alkyl halides is 3. The lowest BCUT2D eigenvalue weighted by atomic mass is 10.1. The van der Waals surface area contributed by atoms with Crippen LogP contribution in [0.3, 0.4) is 0 Å². The number of hydrogen-bond donors (Lipinski definition) is 0. The summed E-state index contributed by atoms with van der Waals surface area (Å²) in [5.74, 6) is 0. The zero-order valence-electron chi connectivity index (χ0n) is 8.71. The summed E-state index contributed by atoms with van der Waals surface area (Å²) in [7, 11) is 0. The van der Waals surface area contributed by atoms with Gasteiger partial charge in [-0.05, 0) is 17.7 Å². The highest BCUT2D eigenvalue weighted by Crippen LogP contribution is 2.37. The third-order valence-electron chi connectivity index (χ3n) is 2.30. The maximum atomic E-state index is 12.8. The summed E-state index contributed by atoms with van der Waals surface area (Å²) in [6, 6.07) is 5.58. The molecule has 0 N–H and O–H groups in total. The molecule has 0 unspecified atom stereocenters. The minimum absolute atomic E-state index is 0.00523. The smallest absolute Gasteiger partial charge is 0.371 e. The largest absolute Gasteiger partial charge is 0.418 e. The molecule has 0 amide bonds. The van der Waals surface area contributed by atoms with Crippen LogP contribution >= 0.6 is 11.6 Å². The molecule has 1 saturated heterocycles. The van der Waals surface area contributed by atoms with Crippen LogP contribution in [0, 0.1) is 0 Å². The van der Waals surface area contributed by atoms with Crippen molar-refractivity contribution < 1.29 is 22.6 Å². The van der Waals surface area contributed by atoms with Gasteiger partial charge in [-0.3, -0.25) is 0 Å². The molecule has 2 nitrogen and oxygen atoms in total. The Bertz CT molecular complexity index is 391. The predicted molar refractivity (Wildman–Crippen MR) is 55.9 cm³/mol. The molecule has 1 aromatic rings. The highest BCUT2D eigenvalue weighted by Gasteiger charge is 2.43. The number of epoxide rings is 1. The lowest BCUT2D eigenvalue weighted by molar-refractivity contribution is -0.224. The summed E-state index contributed by atoms with van der Waals surface area (Å²) in [6.45, 7) is 0.400. The summed E-state index contributed by atoms with van der Waals surface area (Å²) < 4.78 is 48.1. The zero-order chi connectivity index (χ0) is 12.5. The molecule has 0 spiro atoms. The van der Waals surface area contributed by atoms with Gasteiger partial charge in [0.05, 0.1) is 13.2 Å². The molecule has 0 aliphatic carbocycles. The third kappa shape index (κ3) is 3.59. The van der Waals surface area contributed by atoms with Crippen molar-refractivity contribution in [3.05, 3.63) is 34.9 Å². The van der Waals surface area contributed by atoms with Crippen LogP contribution in [-0.4, -0.2) is 25.5 Å². The summed E-state index contributed by atoms with van der Waals surface area (Å²) in [5.41, 5.74) is 0.00523. The summed E-state index contributed by atoms with van der Waals surface area (Å²) in [5, 5.41) is 0.253. The average Bonchev–Trinajstić information content (AvgIpc) is 3.00. The number of benzene rings is 1. The van der Waals surface area contributed by atoms with E-state index in [-0.39, 0.29) is 23.3 Å². The van der Waals surface area contributed by atoms with Crippen LogP contribution < -0.4 is 0 Å². The molecule has 1 heterocycles. The second-order valence-electron chi connectivity index (χ2n) is 3.77. The maximum Gasteiger partial charge on any atom is 0.418 e. The fourth-order valence-electron chi connectivity index (χ4n) is 1.42. The first-order valence-electron chi connectivity index (χ1n) is 5.02. The van der Waals surface area contributed by atoms with E-state index >= 15 is 0 Å². The van der Waals surface area contributed by atoms with Gasteiger partial charge in [0.1, 0.15) is 6.10 Å². The Morgan fingerprint density at radius 1 is 1.47 bits per heavy atom. The van der Waals surface area contributed by atoms with Crippen molar-refractivity contribution in [2.45, 2.75) is 18.4 Å². The van der Waals surface area contributed by atoms with E-state index in [1.807, 2.05) is 0 Å². The summed E-state index contributed by atoms with van der Waals surface area (Å²) in [4.78, 5) is 0. The Kier molecular flexibility index (Phi) is 3.61. The van der Waals surface area contributed by atoms with Crippen LogP contribution in [-0.2, 0) is 9.47 Å². The number of ether oxygens (including phenoxy) is 2. The van der Waals surface area contributed by atoms with Gasteiger partial charge < -0.3 is 9.47 Å². The first-order chi connectivity index (χ1) is 7.97. The molecule has 94 valence electrons. The van der Waals surface area contributed by atoms with Crippen molar-refractivity contribution in [1.29, 1.82) is 0 Å². The Morgan fingerprint density at radius 3 is 2.71 bits per heavy atom. The molecule has 1 aliphatic heterocycles. The average molecular weight is 267 g/mol. The fraction of sp³-hybridized carbons (Fsp3) is 0.455. The van der Waals surface area contributed by atoms with Gasteiger partial charge in [-0.15, -0.1) is 0 Å². The van der Waals surface area contributed by atoms with Crippen molar-refractivity contribution in [3.63, 3.8) is 0 Å². The molecule has 0 aromatic heterocycles. The van der Waals surface area contributed by atoms with Crippen molar-refractivity contribution in [2.75, 3.05) is 13.2 Å². The van der Waals surface area contributed by atoms with Crippen molar-refractivity contribution in [1.82, 2.24) is 0 Å². The first kappa shape index (κ1) is 12.7. The molecule has 2 rings (SSSR count). The van der Waals surface area contributed by atoms with E-state index in [1.54, 1.807) is 0 Å². The lowest BCUT2D eigenvalue weighted by Gasteiger charge is -2.21. The Morgan fingerprint density at radius 2 is 2.18 bits per heavy atom. The minimum atomic E-state index is -4.46. The van der Waals surface area contributed by atoms with Crippen molar-refractivity contribution >= 4 is 11.6 Å². The minimum Gasteiger partial charge on any atom is -0.371 e. The lowest BCUT2D eigenvalue weighted by Crippen LogP contribution is -2.25. The van der Waals surface area contributed by atoms with Crippen LogP contribution in [0.15, 0.2) is 24.3 Å². The van der Waals surface area contributed by atoms with Crippen LogP contribution in [0.5, 0.6) is 0 Å². The Balaban J connectivity index is 2.13. The van der Waals surface area contributed by atoms with Gasteiger partial charge in [0, 0.05) is 5.02 Å². The quantitative estimate of drug-likeness (QED) is 0.780. The number of halogens is 4.